The van der Waals surface area contributed by atoms with E-state index in [1.54, 1.807) is 50.4 Å². The maximum atomic E-state index is 13.0. The molecule has 1 aliphatic rings. The highest BCUT2D eigenvalue weighted by molar-refractivity contribution is 7.13. The first-order chi connectivity index (χ1) is 16.7. The normalized spacial score (nSPS) is 14.5. The van der Waals surface area contributed by atoms with Gasteiger partial charge in [0, 0.05) is 31.1 Å². The molecule has 4 rings (SSSR count). The summed E-state index contributed by atoms with van der Waals surface area (Å²) in [5.41, 5.74) is 3.48. The predicted molar refractivity (Wildman–Crippen MR) is 138 cm³/mol. The predicted octanol–water partition coefficient (Wildman–Crippen LogP) is 4.04. The summed E-state index contributed by atoms with van der Waals surface area (Å²) in [5, 5.41) is 3.11. The number of nitrogens with zero attached hydrogens (tertiary/aromatic N) is 5. The van der Waals surface area contributed by atoms with Gasteiger partial charge in [-0.25, -0.2) is 14.8 Å². The van der Waals surface area contributed by atoms with Crippen LogP contribution in [-0.4, -0.2) is 65.7 Å². The van der Waals surface area contributed by atoms with Crippen molar-refractivity contribution >= 4 is 34.8 Å². The fourth-order valence-electron chi connectivity index (χ4n) is 3.54. The molecule has 35 heavy (non-hydrogen) atoms. The molecule has 0 aliphatic carbocycles. The van der Waals surface area contributed by atoms with E-state index in [2.05, 4.69) is 32.2 Å². The van der Waals surface area contributed by atoms with Gasteiger partial charge in [0.2, 0.25) is 0 Å². The molecule has 1 fully saturated rings. The van der Waals surface area contributed by atoms with E-state index >= 15 is 0 Å². The first kappa shape index (κ1) is 24.6. The van der Waals surface area contributed by atoms with Gasteiger partial charge in [0.15, 0.2) is 0 Å². The van der Waals surface area contributed by atoms with Crippen molar-refractivity contribution in [1.82, 2.24) is 20.3 Å². The van der Waals surface area contributed by atoms with E-state index in [0.717, 1.165) is 47.4 Å². The molecule has 1 saturated heterocycles. The molecular formula is C25H30N6O3S. The molecule has 0 bridgehead atoms. The van der Waals surface area contributed by atoms with Crippen LogP contribution < -0.4 is 15.3 Å². The number of piperazine rings is 1. The fraction of sp³-hybridized carbons (Fsp3) is 0.360. The van der Waals surface area contributed by atoms with Crippen LogP contribution in [0.15, 0.2) is 54.2 Å². The lowest BCUT2D eigenvalue weighted by Crippen LogP contribution is -2.49. The lowest BCUT2D eigenvalue weighted by atomic mass is 10.1. The summed E-state index contributed by atoms with van der Waals surface area (Å²) >= 11 is 1.63. The van der Waals surface area contributed by atoms with E-state index in [1.807, 2.05) is 29.6 Å². The van der Waals surface area contributed by atoms with Crippen LogP contribution in [0, 0.1) is 0 Å². The van der Waals surface area contributed by atoms with Crippen LogP contribution in [0.5, 0.6) is 0 Å². The first-order valence-corrected chi connectivity index (χ1v) is 12.3. The minimum absolute atomic E-state index is 0.103. The zero-order chi connectivity index (χ0) is 25.0. The number of rotatable bonds is 4. The average molecular weight is 495 g/mol. The number of aromatic nitrogens is 2. The SMILES string of the molecule is CN1CCN(c2cnc(C(=O)NN(C(=O)OC(C)(C)C)c3ccc(-c4cccs4)cc3)cn2)CC1. The second kappa shape index (κ2) is 10.4. The number of amides is 2. The maximum Gasteiger partial charge on any atom is 0.434 e. The number of hydrazine groups is 1. The Bertz CT molecular complexity index is 1140. The monoisotopic (exact) mass is 494 g/mol. The second-order valence-electron chi connectivity index (χ2n) is 9.33. The van der Waals surface area contributed by atoms with Crippen LogP contribution in [0.2, 0.25) is 0 Å². The smallest absolute Gasteiger partial charge is 0.434 e. The van der Waals surface area contributed by atoms with Crippen molar-refractivity contribution in [2.45, 2.75) is 26.4 Å². The molecular weight excluding hydrogens is 464 g/mol. The Hall–Kier alpha value is -3.50. The number of hydrogen-bond acceptors (Lipinski definition) is 8. The molecule has 0 radical (unpaired) electrons. The van der Waals surface area contributed by atoms with Crippen molar-refractivity contribution in [3.63, 3.8) is 0 Å². The fourth-order valence-corrected chi connectivity index (χ4v) is 4.27. The van der Waals surface area contributed by atoms with Crippen molar-refractivity contribution in [2.75, 3.05) is 43.1 Å². The Morgan fingerprint density at radius 2 is 1.74 bits per heavy atom. The molecule has 1 N–H and O–H groups in total. The number of thiophene rings is 1. The third-order valence-electron chi connectivity index (χ3n) is 5.42. The van der Waals surface area contributed by atoms with Crippen molar-refractivity contribution < 1.29 is 14.3 Å². The van der Waals surface area contributed by atoms with Gasteiger partial charge in [-0.2, -0.15) is 5.01 Å². The van der Waals surface area contributed by atoms with Crippen LogP contribution in [0.3, 0.4) is 0 Å². The Morgan fingerprint density at radius 1 is 1.03 bits per heavy atom. The minimum atomic E-state index is -0.735. The number of nitrogens with one attached hydrogen (secondary N) is 1. The zero-order valence-corrected chi connectivity index (χ0v) is 21.2. The maximum absolute atomic E-state index is 13.0. The van der Waals surface area contributed by atoms with Crippen molar-refractivity contribution in [1.29, 1.82) is 0 Å². The lowest BCUT2D eigenvalue weighted by Gasteiger charge is -2.32. The van der Waals surface area contributed by atoms with E-state index in [1.165, 1.54) is 6.20 Å². The van der Waals surface area contributed by atoms with Crippen molar-refractivity contribution in [2.24, 2.45) is 0 Å². The molecule has 3 aromatic rings. The molecule has 0 atom stereocenters. The summed E-state index contributed by atoms with van der Waals surface area (Å²) in [5.74, 6) is 0.165. The minimum Gasteiger partial charge on any atom is -0.442 e. The summed E-state index contributed by atoms with van der Waals surface area (Å²) in [6.45, 7) is 8.91. The van der Waals surface area contributed by atoms with E-state index < -0.39 is 17.6 Å². The highest BCUT2D eigenvalue weighted by Gasteiger charge is 2.26. The number of benzene rings is 1. The van der Waals surface area contributed by atoms with Crippen LogP contribution in [0.4, 0.5) is 16.3 Å². The van der Waals surface area contributed by atoms with Gasteiger partial charge in [0.1, 0.15) is 17.1 Å². The summed E-state index contributed by atoms with van der Waals surface area (Å²) < 4.78 is 5.53. The summed E-state index contributed by atoms with van der Waals surface area (Å²) in [6.07, 6.45) is 2.32. The Balaban J connectivity index is 1.51. The molecule has 2 amide bonds. The zero-order valence-electron chi connectivity index (χ0n) is 20.4. The number of hydrogen-bond donors (Lipinski definition) is 1. The van der Waals surface area contributed by atoms with E-state index in [9.17, 15) is 9.59 Å². The van der Waals surface area contributed by atoms with Gasteiger partial charge >= 0.3 is 6.09 Å². The van der Waals surface area contributed by atoms with Crippen LogP contribution >= 0.6 is 11.3 Å². The van der Waals surface area contributed by atoms with Gasteiger partial charge in [-0.1, -0.05) is 18.2 Å². The largest absolute Gasteiger partial charge is 0.442 e. The number of carbonyl (C=O) groups is 2. The quantitative estimate of drug-likeness (QED) is 0.547. The van der Waals surface area contributed by atoms with Gasteiger partial charge in [-0.3, -0.25) is 10.2 Å². The van der Waals surface area contributed by atoms with Gasteiger partial charge < -0.3 is 14.5 Å². The molecule has 10 heteroatoms. The molecule has 1 aliphatic heterocycles. The number of ether oxygens (including phenoxy) is 1. The standard InChI is InChI=1S/C25H30N6O3S/c1-25(2,3)34-24(33)31(19-9-7-18(8-10-19)21-6-5-15-35-21)28-23(32)20-16-27-22(17-26-20)30-13-11-29(4)12-14-30/h5-10,15-17H,11-14H2,1-4H3,(H,28,32). The topological polar surface area (TPSA) is 90.9 Å². The third kappa shape index (κ3) is 6.34. The molecule has 0 unspecified atom stereocenters. The lowest BCUT2D eigenvalue weighted by molar-refractivity contribution is 0.0547. The van der Waals surface area contributed by atoms with Crippen molar-refractivity contribution in [3.05, 3.63) is 59.9 Å². The van der Waals surface area contributed by atoms with Gasteiger partial charge in [-0.05, 0) is 57.0 Å². The number of anilines is 2. The van der Waals surface area contributed by atoms with E-state index in [4.69, 9.17) is 4.74 Å². The molecule has 1 aromatic carbocycles. The molecule has 2 aromatic heterocycles. The van der Waals surface area contributed by atoms with E-state index in [-0.39, 0.29) is 5.69 Å². The average Bonchev–Trinajstić information content (AvgIpc) is 3.37. The van der Waals surface area contributed by atoms with Crippen LogP contribution in [0.1, 0.15) is 31.3 Å². The summed E-state index contributed by atoms with van der Waals surface area (Å²) in [6, 6.07) is 11.3. The second-order valence-corrected chi connectivity index (χ2v) is 10.3. The van der Waals surface area contributed by atoms with Crippen LogP contribution in [0.25, 0.3) is 10.4 Å². The summed E-state index contributed by atoms with van der Waals surface area (Å²) in [4.78, 5) is 40.2. The highest BCUT2D eigenvalue weighted by atomic mass is 32.1. The molecule has 184 valence electrons. The molecule has 3 heterocycles. The van der Waals surface area contributed by atoms with E-state index in [0.29, 0.717) is 5.69 Å². The Labute approximate surface area is 209 Å². The molecule has 9 nitrogen and oxygen atoms in total. The highest BCUT2D eigenvalue weighted by Crippen LogP contribution is 2.27. The Kier molecular flexibility index (Phi) is 7.32. The van der Waals surface area contributed by atoms with Gasteiger partial charge in [0.05, 0.1) is 18.1 Å². The van der Waals surface area contributed by atoms with Crippen molar-refractivity contribution in [3.8, 4) is 10.4 Å². The third-order valence-corrected chi connectivity index (χ3v) is 6.34. The molecule has 0 saturated carbocycles. The van der Waals surface area contributed by atoms with Gasteiger partial charge in [-0.15, -0.1) is 11.3 Å². The number of likely N-dealkylation sites (N-methyl/N-ethyl adjacent to an activating group) is 1. The number of carbonyl (C=O) groups excluding carboxylic acids is 2. The molecule has 0 spiro atoms. The van der Waals surface area contributed by atoms with Gasteiger partial charge in [0.25, 0.3) is 5.91 Å². The Morgan fingerprint density at radius 3 is 2.31 bits per heavy atom. The summed E-state index contributed by atoms with van der Waals surface area (Å²) in [7, 11) is 2.09. The first-order valence-electron chi connectivity index (χ1n) is 11.4. The van der Waals surface area contributed by atoms with Crippen LogP contribution in [-0.2, 0) is 4.74 Å².